The number of carbonyl (C=O) groups excluding carboxylic acids is 1. The topological polar surface area (TPSA) is 110 Å². The smallest absolute Gasteiger partial charge is 0.250 e. The second-order valence-corrected chi connectivity index (χ2v) is 5.62. The van der Waals surface area contributed by atoms with Crippen LogP contribution in [0.3, 0.4) is 0 Å². The van der Waals surface area contributed by atoms with Crippen molar-refractivity contribution in [3.05, 3.63) is 29.6 Å². The number of benzene rings is 1. The number of methoxy groups -OCH3 is 2. The fourth-order valence-electron chi connectivity index (χ4n) is 2.35. The van der Waals surface area contributed by atoms with E-state index in [1.807, 2.05) is 12.1 Å². The van der Waals surface area contributed by atoms with Crippen LogP contribution in [0.5, 0.6) is 11.5 Å². The molecule has 1 aliphatic carbocycles. The molecule has 1 aliphatic heterocycles. The average Bonchev–Trinajstić information content (AvgIpc) is 3.38. The molecular formula is C16H21N5O3. The number of anilines is 1. The minimum Gasteiger partial charge on any atom is -0.493 e. The molecule has 3 rings (SSSR count). The predicted molar refractivity (Wildman–Crippen MR) is 91.0 cm³/mol. The van der Waals surface area contributed by atoms with E-state index in [9.17, 15) is 4.79 Å². The van der Waals surface area contributed by atoms with Gasteiger partial charge < -0.3 is 31.2 Å². The van der Waals surface area contributed by atoms with E-state index in [-0.39, 0.29) is 6.54 Å². The van der Waals surface area contributed by atoms with Crippen molar-refractivity contribution in [1.82, 2.24) is 10.6 Å². The number of aliphatic imine (C=N–C) groups is 1. The number of carbonyl (C=O) groups is 1. The number of hydrogen-bond donors (Lipinski definition) is 4. The van der Waals surface area contributed by atoms with Gasteiger partial charge in [0.25, 0.3) is 0 Å². The van der Waals surface area contributed by atoms with E-state index in [1.165, 1.54) is 0 Å². The van der Waals surface area contributed by atoms with E-state index in [2.05, 4.69) is 20.9 Å². The number of primary amides is 1. The zero-order valence-electron chi connectivity index (χ0n) is 13.7. The molecule has 0 bridgehead atoms. The van der Waals surface area contributed by atoms with Crippen LogP contribution < -0.4 is 31.2 Å². The summed E-state index contributed by atoms with van der Waals surface area (Å²) in [6.07, 6.45) is 2.18. The maximum absolute atomic E-state index is 11.5. The molecular weight excluding hydrogens is 310 g/mol. The van der Waals surface area contributed by atoms with Gasteiger partial charge in [0.1, 0.15) is 5.82 Å². The molecule has 1 fully saturated rings. The number of amides is 1. The molecule has 128 valence electrons. The lowest BCUT2D eigenvalue weighted by Gasteiger charge is -2.22. The first kappa shape index (κ1) is 16.0. The van der Waals surface area contributed by atoms with Gasteiger partial charge in [-0.05, 0) is 25.0 Å². The van der Waals surface area contributed by atoms with E-state index < -0.39 is 5.91 Å². The molecule has 2 aliphatic rings. The van der Waals surface area contributed by atoms with Gasteiger partial charge in [-0.3, -0.25) is 4.79 Å². The van der Waals surface area contributed by atoms with Gasteiger partial charge in [-0.25, -0.2) is 4.99 Å². The Bertz CT molecular complexity index is 710. The fourth-order valence-corrected chi connectivity index (χ4v) is 2.35. The number of hydrogen-bond acceptors (Lipinski definition) is 7. The van der Waals surface area contributed by atoms with Crippen molar-refractivity contribution < 1.29 is 14.3 Å². The lowest BCUT2D eigenvalue weighted by atomic mass is 10.2. The van der Waals surface area contributed by atoms with Crippen LogP contribution in [0, 0.1) is 0 Å². The molecule has 1 heterocycles. The Balaban J connectivity index is 1.73. The molecule has 0 spiro atoms. The van der Waals surface area contributed by atoms with Crippen LogP contribution in [0.15, 0.2) is 34.6 Å². The van der Waals surface area contributed by atoms with Gasteiger partial charge in [-0.1, -0.05) is 0 Å². The van der Waals surface area contributed by atoms with E-state index in [1.54, 1.807) is 20.3 Å². The summed E-state index contributed by atoms with van der Waals surface area (Å²) in [5, 5.41) is 9.56. The third-order valence-electron chi connectivity index (χ3n) is 3.81. The first-order valence-corrected chi connectivity index (χ1v) is 7.70. The monoisotopic (exact) mass is 331 g/mol. The van der Waals surface area contributed by atoms with Crippen molar-refractivity contribution in [2.75, 3.05) is 26.1 Å². The molecule has 0 atom stereocenters. The van der Waals surface area contributed by atoms with Crippen LogP contribution in [-0.2, 0) is 4.79 Å². The molecule has 5 N–H and O–H groups in total. The second kappa shape index (κ2) is 6.69. The minimum atomic E-state index is -0.473. The van der Waals surface area contributed by atoms with Gasteiger partial charge in [0, 0.05) is 17.8 Å². The molecule has 8 nitrogen and oxygen atoms in total. The van der Waals surface area contributed by atoms with Crippen LogP contribution in [0.1, 0.15) is 12.8 Å². The van der Waals surface area contributed by atoms with Crippen molar-refractivity contribution in [1.29, 1.82) is 0 Å². The molecule has 1 saturated carbocycles. The van der Waals surface area contributed by atoms with Crippen molar-refractivity contribution in [3.8, 4) is 11.5 Å². The highest BCUT2D eigenvalue weighted by Gasteiger charge is 2.26. The Morgan fingerprint density at radius 1 is 1.29 bits per heavy atom. The van der Waals surface area contributed by atoms with Crippen LogP contribution in [-0.4, -0.2) is 38.7 Å². The molecule has 0 aromatic heterocycles. The van der Waals surface area contributed by atoms with Crippen LogP contribution in [0.25, 0.3) is 0 Å². The molecule has 0 saturated heterocycles. The summed E-state index contributed by atoms with van der Waals surface area (Å²) < 4.78 is 10.5. The fraction of sp³-hybridized carbons (Fsp3) is 0.375. The van der Waals surface area contributed by atoms with Gasteiger partial charge in [0.2, 0.25) is 11.9 Å². The molecule has 1 aromatic rings. The highest BCUT2D eigenvalue weighted by atomic mass is 16.5. The lowest BCUT2D eigenvalue weighted by molar-refractivity contribution is -0.114. The predicted octanol–water partition coefficient (Wildman–Crippen LogP) is 0.524. The van der Waals surface area contributed by atoms with Gasteiger partial charge in [-0.15, -0.1) is 0 Å². The van der Waals surface area contributed by atoms with Gasteiger partial charge >= 0.3 is 0 Å². The number of nitrogens with two attached hydrogens (primary N) is 1. The third-order valence-corrected chi connectivity index (χ3v) is 3.81. The molecule has 1 aromatic carbocycles. The SMILES string of the molecule is COc1ccc(NC2=NCC(C(N)=O)=C(NC3CC3)N2)cc1OC. The van der Waals surface area contributed by atoms with E-state index in [0.29, 0.717) is 34.9 Å². The van der Waals surface area contributed by atoms with Crippen molar-refractivity contribution >= 4 is 17.6 Å². The van der Waals surface area contributed by atoms with E-state index >= 15 is 0 Å². The maximum Gasteiger partial charge on any atom is 0.250 e. The summed E-state index contributed by atoms with van der Waals surface area (Å²) in [4.78, 5) is 15.9. The first-order valence-electron chi connectivity index (χ1n) is 7.70. The minimum absolute atomic E-state index is 0.229. The zero-order chi connectivity index (χ0) is 17.1. The Kier molecular flexibility index (Phi) is 4.45. The Labute approximate surface area is 140 Å². The first-order chi connectivity index (χ1) is 11.6. The Hall–Kier alpha value is -2.90. The molecule has 24 heavy (non-hydrogen) atoms. The number of nitrogens with one attached hydrogen (secondary N) is 3. The van der Waals surface area contributed by atoms with E-state index in [4.69, 9.17) is 15.2 Å². The third kappa shape index (κ3) is 3.53. The molecule has 0 unspecified atom stereocenters. The summed E-state index contributed by atoms with van der Waals surface area (Å²) >= 11 is 0. The van der Waals surface area contributed by atoms with Gasteiger partial charge in [-0.2, -0.15) is 0 Å². The standard InChI is InChI=1S/C16H21N5O3/c1-23-12-6-5-10(7-13(12)24-2)20-16-18-8-11(14(17)22)15(21-16)19-9-3-4-9/h5-7,9,19H,3-4,8H2,1-2H3,(H2,17,22)(H2,18,20,21). The van der Waals surface area contributed by atoms with Gasteiger partial charge in [0.05, 0.1) is 26.3 Å². The van der Waals surface area contributed by atoms with Gasteiger partial charge in [0.15, 0.2) is 11.5 Å². The average molecular weight is 331 g/mol. The van der Waals surface area contributed by atoms with E-state index in [0.717, 1.165) is 18.5 Å². The highest BCUT2D eigenvalue weighted by molar-refractivity contribution is 6.00. The second-order valence-electron chi connectivity index (χ2n) is 5.62. The maximum atomic E-state index is 11.5. The molecule has 8 heteroatoms. The zero-order valence-corrected chi connectivity index (χ0v) is 13.7. The highest BCUT2D eigenvalue weighted by Crippen LogP contribution is 2.29. The van der Waals surface area contributed by atoms with Crippen molar-refractivity contribution in [2.24, 2.45) is 10.7 Å². The summed E-state index contributed by atoms with van der Waals surface area (Å²) in [5.41, 5.74) is 6.67. The Morgan fingerprint density at radius 2 is 2.04 bits per heavy atom. The lowest BCUT2D eigenvalue weighted by Crippen LogP contribution is -2.43. The summed E-state index contributed by atoms with van der Waals surface area (Å²) in [6.45, 7) is 0.229. The molecule has 1 amide bonds. The number of rotatable bonds is 6. The summed E-state index contributed by atoms with van der Waals surface area (Å²) in [6, 6.07) is 5.86. The van der Waals surface area contributed by atoms with Crippen LogP contribution in [0.2, 0.25) is 0 Å². The van der Waals surface area contributed by atoms with Crippen molar-refractivity contribution in [2.45, 2.75) is 18.9 Å². The number of ether oxygens (including phenoxy) is 2. The van der Waals surface area contributed by atoms with Crippen LogP contribution in [0.4, 0.5) is 5.69 Å². The number of nitrogens with zero attached hydrogens (tertiary/aromatic N) is 1. The summed E-state index contributed by atoms with van der Waals surface area (Å²) in [5.74, 6) is 1.95. The number of guanidine groups is 1. The summed E-state index contributed by atoms with van der Waals surface area (Å²) in [7, 11) is 3.17. The normalized spacial score (nSPS) is 16.8. The van der Waals surface area contributed by atoms with Crippen LogP contribution >= 0.6 is 0 Å². The largest absolute Gasteiger partial charge is 0.493 e. The quantitative estimate of drug-likeness (QED) is 0.605. The Morgan fingerprint density at radius 3 is 2.67 bits per heavy atom. The van der Waals surface area contributed by atoms with Crippen molar-refractivity contribution in [3.63, 3.8) is 0 Å². The molecule has 0 radical (unpaired) electrons.